The normalized spacial score (nSPS) is 11.9. The van der Waals surface area contributed by atoms with Crippen molar-refractivity contribution >= 4 is 5.97 Å². The lowest BCUT2D eigenvalue weighted by Gasteiger charge is -2.12. The largest absolute Gasteiger partial charge is 0.427 e. The van der Waals surface area contributed by atoms with Crippen molar-refractivity contribution in [2.24, 2.45) is 0 Å². The Labute approximate surface area is 114 Å². The van der Waals surface area contributed by atoms with Gasteiger partial charge in [-0.3, -0.25) is 4.79 Å². The number of carbonyl (C=O) groups excluding carboxylic acids is 1. The second kappa shape index (κ2) is 6.19. The highest BCUT2D eigenvalue weighted by molar-refractivity contribution is 5.69. The summed E-state index contributed by atoms with van der Waals surface area (Å²) < 4.78 is 5.10. The van der Waals surface area contributed by atoms with Crippen molar-refractivity contribution in [3.8, 4) is 5.75 Å². The van der Waals surface area contributed by atoms with E-state index < -0.39 is 0 Å². The van der Waals surface area contributed by atoms with Crippen LogP contribution in [0.1, 0.15) is 30.9 Å². The average Bonchev–Trinajstić information content (AvgIpc) is 2.39. The monoisotopic (exact) mass is 254 g/mol. The Kier molecular flexibility index (Phi) is 4.35. The van der Waals surface area contributed by atoms with E-state index in [0.717, 1.165) is 6.42 Å². The summed E-state index contributed by atoms with van der Waals surface area (Å²) in [5.74, 6) is 0.771. The van der Waals surface area contributed by atoms with Crippen molar-refractivity contribution < 1.29 is 9.53 Å². The van der Waals surface area contributed by atoms with Crippen LogP contribution in [0.15, 0.2) is 54.6 Å². The van der Waals surface area contributed by atoms with Gasteiger partial charge in [-0.05, 0) is 35.6 Å². The summed E-state index contributed by atoms with van der Waals surface area (Å²) in [7, 11) is 0. The summed E-state index contributed by atoms with van der Waals surface area (Å²) in [5.41, 5.74) is 2.50. The molecule has 0 bridgehead atoms. The predicted molar refractivity (Wildman–Crippen MR) is 76.3 cm³/mol. The van der Waals surface area contributed by atoms with Crippen LogP contribution in [-0.4, -0.2) is 5.97 Å². The Morgan fingerprint density at radius 3 is 2.53 bits per heavy atom. The maximum Gasteiger partial charge on any atom is 0.308 e. The van der Waals surface area contributed by atoms with E-state index in [0.29, 0.717) is 11.7 Å². The fourth-order valence-corrected chi connectivity index (χ4v) is 2.15. The fourth-order valence-electron chi connectivity index (χ4n) is 2.15. The van der Waals surface area contributed by atoms with Crippen molar-refractivity contribution in [3.63, 3.8) is 0 Å². The minimum Gasteiger partial charge on any atom is -0.427 e. The molecule has 0 saturated heterocycles. The molecular weight excluding hydrogens is 236 g/mol. The van der Waals surface area contributed by atoms with Crippen molar-refractivity contribution in [3.05, 3.63) is 65.7 Å². The van der Waals surface area contributed by atoms with Crippen molar-refractivity contribution in [1.82, 2.24) is 0 Å². The molecule has 0 radical (unpaired) electrons. The zero-order valence-electron chi connectivity index (χ0n) is 11.3. The van der Waals surface area contributed by atoms with Crippen molar-refractivity contribution in [1.29, 1.82) is 0 Å². The number of benzene rings is 2. The molecule has 0 amide bonds. The molecule has 98 valence electrons. The first-order valence-corrected chi connectivity index (χ1v) is 6.47. The summed E-state index contributed by atoms with van der Waals surface area (Å²) in [4.78, 5) is 10.9. The summed E-state index contributed by atoms with van der Waals surface area (Å²) in [6.07, 6.45) is 0.930. The molecule has 2 aromatic carbocycles. The maximum absolute atomic E-state index is 10.9. The Morgan fingerprint density at radius 2 is 1.84 bits per heavy atom. The zero-order valence-corrected chi connectivity index (χ0v) is 11.3. The fraction of sp³-hybridized carbons (Fsp3) is 0.235. The van der Waals surface area contributed by atoms with Gasteiger partial charge in [0.2, 0.25) is 0 Å². The smallest absolute Gasteiger partial charge is 0.308 e. The van der Waals surface area contributed by atoms with Crippen LogP contribution >= 0.6 is 0 Å². The molecule has 0 spiro atoms. The Morgan fingerprint density at radius 1 is 1.11 bits per heavy atom. The maximum atomic E-state index is 10.9. The van der Waals surface area contributed by atoms with Gasteiger partial charge in [-0.2, -0.15) is 0 Å². The molecule has 2 nitrogen and oxygen atoms in total. The van der Waals surface area contributed by atoms with E-state index in [1.54, 1.807) is 6.07 Å². The van der Waals surface area contributed by atoms with Gasteiger partial charge in [0.25, 0.3) is 0 Å². The lowest BCUT2D eigenvalue weighted by Crippen LogP contribution is -2.02. The number of hydrogen-bond donors (Lipinski definition) is 0. The first kappa shape index (κ1) is 13.3. The van der Waals surface area contributed by atoms with Crippen LogP contribution in [0.5, 0.6) is 5.75 Å². The average molecular weight is 254 g/mol. The van der Waals surface area contributed by atoms with Gasteiger partial charge in [0.15, 0.2) is 0 Å². The van der Waals surface area contributed by atoms with Crippen molar-refractivity contribution in [2.45, 2.75) is 26.2 Å². The van der Waals surface area contributed by atoms with E-state index in [1.807, 2.05) is 18.2 Å². The third kappa shape index (κ3) is 3.95. The molecule has 0 aromatic heterocycles. The van der Waals surface area contributed by atoms with Gasteiger partial charge in [-0.25, -0.2) is 0 Å². The molecule has 2 aromatic rings. The highest BCUT2D eigenvalue weighted by atomic mass is 16.5. The lowest BCUT2D eigenvalue weighted by molar-refractivity contribution is -0.131. The van der Waals surface area contributed by atoms with E-state index in [9.17, 15) is 4.79 Å². The number of hydrogen-bond acceptors (Lipinski definition) is 2. The molecular formula is C17H18O2. The van der Waals surface area contributed by atoms with E-state index >= 15 is 0 Å². The Hall–Kier alpha value is -2.09. The molecule has 19 heavy (non-hydrogen) atoms. The standard InChI is InChI=1S/C17H18O2/c1-13(16-8-4-3-5-9-16)11-15-7-6-10-17(12-15)19-14(2)18/h3-10,12-13H,11H2,1-2H3. The minimum absolute atomic E-state index is 0.284. The summed E-state index contributed by atoms with van der Waals surface area (Å²) in [6, 6.07) is 18.1. The van der Waals surface area contributed by atoms with Gasteiger partial charge in [0.05, 0.1) is 0 Å². The Balaban J connectivity index is 2.08. The lowest BCUT2D eigenvalue weighted by atomic mass is 9.94. The molecule has 0 aliphatic heterocycles. The second-order valence-electron chi connectivity index (χ2n) is 4.76. The quantitative estimate of drug-likeness (QED) is 0.610. The first-order valence-electron chi connectivity index (χ1n) is 6.47. The molecule has 1 atom stereocenters. The summed E-state index contributed by atoms with van der Waals surface area (Å²) in [5, 5.41) is 0. The van der Waals surface area contributed by atoms with E-state index in [1.165, 1.54) is 18.1 Å². The molecule has 0 fully saturated rings. The molecule has 2 rings (SSSR count). The number of carbonyl (C=O) groups is 1. The molecule has 1 unspecified atom stereocenters. The van der Waals surface area contributed by atoms with Crippen LogP contribution in [0.2, 0.25) is 0 Å². The second-order valence-corrected chi connectivity index (χ2v) is 4.76. The van der Waals surface area contributed by atoms with Crippen LogP contribution in [0.4, 0.5) is 0 Å². The molecule has 0 heterocycles. The van der Waals surface area contributed by atoms with Crippen LogP contribution in [0.25, 0.3) is 0 Å². The molecule has 0 aliphatic carbocycles. The molecule has 0 N–H and O–H groups in total. The van der Waals surface area contributed by atoms with Crippen LogP contribution < -0.4 is 4.74 Å². The van der Waals surface area contributed by atoms with Gasteiger partial charge in [-0.1, -0.05) is 49.4 Å². The van der Waals surface area contributed by atoms with E-state index in [-0.39, 0.29) is 5.97 Å². The third-order valence-corrected chi connectivity index (χ3v) is 3.07. The number of ether oxygens (including phenoxy) is 1. The van der Waals surface area contributed by atoms with Gasteiger partial charge in [-0.15, -0.1) is 0 Å². The highest BCUT2D eigenvalue weighted by Gasteiger charge is 2.07. The van der Waals surface area contributed by atoms with Crippen molar-refractivity contribution in [2.75, 3.05) is 0 Å². The van der Waals surface area contributed by atoms with Gasteiger partial charge < -0.3 is 4.74 Å². The van der Waals surface area contributed by atoms with Crippen LogP contribution in [-0.2, 0) is 11.2 Å². The number of esters is 1. The van der Waals surface area contributed by atoms with Gasteiger partial charge in [0, 0.05) is 6.92 Å². The predicted octanol–water partition coefficient (Wildman–Crippen LogP) is 3.96. The highest BCUT2D eigenvalue weighted by Crippen LogP contribution is 2.22. The Bertz CT molecular complexity index is 546. The molecule has 2 heteroatoms. The minimum atomic E-state index is -0.284. The first-order chi connectivity index (χ1) is 9.15. The van der Waals surface area contributed by atoms with Crippen LogP contribution in [0, 0.1) is 0 Å². The van der Waals surface area contributed by atoms with E-state index in [4.69, 9.17) is 4.74 Å². The van der Waals surface area contributed by atoms with Gasteiger partial charge >= 0.3 is 5.97 Å². The summed E-state index contributed by atoms with van der Waals surface area (Å²) in [6.45, 7) is 3.62. The topological polar surface area (TPSA) is 26.3 Å². The summed E-state index contributed by atoms with van der Waals surface area (Å²) >= 11 is 0. The molecule has 0 aliphatic rings. The zero-order chi connectivity index (χ0) is 13.7. The molecule has 0 saturated carbocycles. The SMILES string of the molecule is CC(=O)Oc1cccc(CC(C)c2ccccc2)c1. The van der Waals surface area contributed by atoms with Crippen LogP contribution in [0.3, 0.4) is 0 Å². The third-order valence-electron chi connectivity index (χ3n) is 3.07. The number of rotatable bonds is 4. The van der Waals surface area contributed by atoms with Gasteiger partial charge in [0.1, 0.15) is 5.75 Å². The van der Waals surface area contributed by atoms with E-state index in [2.05, 4.69) is 37.3 Å².